The number of halogens is 2. The van der Waals surface area contributed by atoms with Crippen molar-refractivity contribution in [2.75, 3.05) is 19.8 Å². The summed E-state index contributed by atoms with van der Waals surface area (Å²) in [5.74, 6) is 0.173. The van der Waals surface area contributed by atoms with E-state index in [1.165, 1.54) is 50.1 Å². The van der Waals surface area contributed by atoms with Gasteiger partial charge in [-0.05, 0) is 47.9 Å². The fourth-order valence-corrected chi connectivity index (χ4v) is 4.48. The van der Waals surface area contributed by atoms with E-state index in [2.05, 4.69) is 22.5 Å². The lowest BCUT2D eigenvalue weighted by Gasteiger charge is -2.28. The highest BCUT2D eigenvalue weighted by molar-refractivity contribution is 14.0. The number of guanidine groups is 1. The normalized spacial score (nSPS) is 16.7. The number of rotatable bonds is 7. The third-order valence-electron chi connectivity index (χ3n) is 5.30. The molecule has 0 saturated heterocycles. The maximum absolute atomic E-state index is 13.6. The summed E-state index contributed by atoms with van der Waals surface area (Å²) in [6.45, 7) is 3.41. The molecular weight excluding hydrogens is 480 g/mol. The Kier molecular flexibility index (Phi) is 9.47. The average Bonchev–Trinajstić information content (AvgIpc) is 3.05. The Labute approximate surface area is 179 Å². The van der Waals surface area contributed by atoms with E-state index in [4.69, 9.17) is 0 Å². The number of sulfone groups is 1. The van der Waals surface area contributed by atoms with Crippen LogP contribution in [0.25, 0.3) is 0 Å². The van der Waals surface area contributed by atoms with Crippen LogP contribution in [0.15, 0.2) is 23.2 Å². The first-order valence-corrected chi connectivity index (χ1v) is 11.2. The molecule has 27 heavy (non-hydrogen) atoms. The smallest absolute Gasteiger partial charge is 0.191 e. The van der Waals surface area contributed by atoms with Gasteiger partial charge in [0.15, 0.2) is 15.8 Å². The molecule has 154 valence electrons. The summed E-state index contributed by atoms with van der Waals surface area (Å²) in [5.41, 5.74) is 1.57. The van der Waals surface area contributed by atoms with Gasteiger partial charge in [-0.15, -0.1) is 24.0 Å². The van der Waals surface area contributed by atoms with E-state index in [0.717, 1.165) is 13.0 Å². The second kappa shape index (κ2) is 10.6. The molecule has 1 aliphatic rings. The lowest BCUT2D eigenvalue weighted by molar-refractivity contribution is 0.283. The highest BCUT2D eigenvalue weighted by atomic mass is 127. The quantitative estimate of drug-likeness (QED) is 0.334. The molecule has 0 aliphatic heterocycles. The van der Waals surface area contributed by atoms with Crippen molar-refractivity contribution >= 4 is 39.8 Å². The molecule has 0 heterocycles. The van der Waals surface area contributed by atoms with Gasteiger partial charge in [0.1, 0.15) is 5.82 Å². The van der Waals surface area contributed by atoms with Crippen molar-refractivity contribution in [3.05, 3.63) is 35.1 Å². The standard InChI is InChI=1S/C19H30FN3O2S.HI/c1-4-19(9-5-6-10-19)14-23-18(21-2)22-12-16-11-17(20)8-7-15(16)13-26(3,24)25;/h7-8,11H,4-6,9-10,12-14H2,1-3H3,(H2,21,22,23);1H. The van der Waals surface area contributed by atoms with Crippen molar-refractivity contribution < 1.29 is 12.8 Å². The van der Waals surface area contributed by atoms with E-state index < -0.39 is 9.84 Å². The van der Waals surface area contributed by atoms with Gasteiger partial charge in [-0.25, -0.2) is 12.8 Å². The highest BCUT2D eigenvalue weighted by Gasteiger charge is 2.31. The van der Waals surface area contributed by atoms with Gasteiger partial charge in [-0.1, -0.05) is 25.8 Å². The third kappa shape index (κ3) is 7.56. The van der Waals surface area contributed by atoms with E-state index in [1.807, 2.05) is 0 Å². The predicted molar refractivity (Wildman–Crippen MR) is 120 cm³/mol. The lowest BCUT2D eigenvalue weighted by atomic mass is 9.83. The maximum Gasteiger partial charge on any atom is 0.191 e. The molecule has 1 fully saturated rings. The second-order valence-electron chi connectivity index (χ2n) is 7.32. The predicted octanol–water partition coefficient (Wildman–Crippen LogP) is 3.62. The zero-order valence-corrected chi connectivity index (χ0v) is 19.5. The topological polar surface area (TPSA) is 70.6 Å². The SMILES string of the molecule is CCC1(CNC(=NC)NCc2cc(F)ccc2CS(C)(=O)=O)CCCC1.I. The van der Waals surface area contributed by atoms with Crippen LogP contribution in [0.1, 0.15) is 50.2 Å². The molecule has 8 heteroatoms. The van der Waals surface area contributed by atoms with Crippen molar-refractivity contribution in [3.63, 3.8) is 0 Å². The fraction of sp³-hybridized carbons (Fsp3) is 0.632. The van der Waals surface area contributed by atoms with E-state index in [1.54, 1.807) is 7.05 Å². The van der Waals surface area contributed by atoms with Crippen LogP contribution in [0.3, 0.4) is 0 Å². The van der Waals surface area contributed by atoms with Crippen LogP contribution in [-0.4, -0.2) is 34.2 Å². The van der Waals surface area contributed by atoms with Gasteiger partial charge >= 0.3 is 0 Å². The lowest BCUT2D eigenvalue weighted by Crippen LogP contribution is -2.42. The van der Waals surface area contributed by atoms with Crippen molar-refractivity contribution in [3.8, 4) is 0 Å². The molecule has 2 N–H and O–H groups in total. The molecule has 0 unspecified atom stereocenters. The van der Waals surface area contributed by atoms with Crippen molar-refractivity contribution in [1.29, 1.82) is 0 Å². The third-order valence-corrected chi connectivity index (χ3v) is 6.14. The number of hydrogen-bond donors (Lipinski definition) is 2. The van der Waals surface area contributed by atoms with Gasteiger partial charge in [-0.3, -0.25) is 4.99 Å². The summed E-state index contributed by atoms with van der Waals surface area (Å²) >= 11 is 0. The fourth-order valence-electron chi connectivity index (χ4n) is 3.63. The molecular formula is C19H31FIN3O2S. The van der Waals surface area contributed by atoms with E-state index >= 15 is 0 Å². The second-order valence-corrected chi connectivity index (χ2v) is 9.46. The highest BCUT2D eigenvalue weighted by Crippen LogP contribution is 2.40. The molecule has 0 spiro atoms. The number of nitrogens with zero attached hydrogens (tertiary/aromatic N) is 1. The van der Waals surface area contributed by atoms with Crippen LogP contribution >= 0.6 is 24.0 Å². The van der Waals surface area contributed by atoms with Gasteiger partial charge < -0.3 is 10.6 Å². The van der Waals surface area contributed by atoms with Gasteiger partial charge in [0.2, 0.25) is 0 Å². The van der Waals surface area contributed by atoms with E-state index in [-0.39, 0.29) is 35.5 Å². The van der Waals surface area contributed by atoms with Crippen LogP contribution in [0.5, 0.6) is 0 Å². The molecule has 0 atom stereocenters. The van der Waals surface area contributed by atoms with Crippen LogP contribution in [0, 0.1) is 11.2 Å². The Morgan fingerprint density at radius 1 is 1.22 bits per heavy atom. The van der Waals surface area contributed by atoms with Gasteiger partial charge in [0, 0.05) is 26.4 Å². The average molecular weight is 511 g/mol. The van der Waals surface area contributed by atoms with Crippen LogP contribution in [-0.2, 0) is 22.1 Å². The number of hydrogen-bond acceptors (Lipinski definition) is 3. The Bertz CT molecular complexity index is 747. The summed E-state index contributed by atoms with van der Waals surface area (Å²) in [4.78, 5) is 4.24. The number of aliphatic imine (C=N–C) groups is 1. The van der Waals surface area contributed by atoms with Crippen molar-refractivity contribution in [2.45, 2.75) is 51.3 Å². The molecule has 0 aromatic heterocycles. The van der Waals surface area contributed by atoms with Gasteiger partial charge in [-0.2, -0.15) is 0 Å². The molecule has 2 rings (SSSR count). The van der Waals surface area contributed by atoms with Gasteiger partial charge in [0.05, 0.1) is 5.75 Å². The largest absolute Gasteiger partial charge is 0.356 e. The maximum atomic E-state index is 13.6. The molecule has 1 aromatic rings. The van der Waals surface area contributed by atoms with E-state index in [9.17, 15) is 12.8 Å². The first-order valence-electron chi connectivity index (χ1n) is 9.16. The monoisotopic (exact) mass is 511 g/mol. The minimum absolute atomic E-state index is 0. The number of benzene rings is 1. The Balaban J connectivity index is 0.00000364. The Hall–Kier alpha value is -0.900. The molecule has 0 bridgehead atoms. The van der Waals surface area contributed by atoms with Crippen LogP contribution < -0.4 is 10.6 Å². The van der Waals surface area contributed by atoms with E-state index in [0.29, 0.717) is 29.0 Å². The molecule has 0 radical (unpaired) electrons. The zero-order valence-electron chi connectivity index (χ0n) is 16.3. The molecule has 1 saturated carbocycles. The minimum Gasteiger partial charge on any atom is -0.356 e. The van der Waals surface area contributed by atoms with Crippen LogP contribution in [0.4, 0.5) is 4.39 Å². The summed E-state index contributed by atoms with van der Waals surface area (Å²) in [6.07, 6.45) is 7.34. The first kappa shape index (κ1) is 24.1. The molecule has 1 aliphatic carbocycles. The van der Waals surface area contributed by atoms with Crippen molar-refractivity contribution in [2.24, 2.45) is 10.4 Å². The molecule has 5 nitrogen and oxygen atoms in total. The summed E-state index contributed by atoms with van der Waals surface area (Å²) in [6, 6.07) is 4.21. The van der Waals surface area contributed by atoms with Gasteiger partial charge in [0.25, 0.3) is 0 Å². The molecule has 1 aromatic carbocycles. The number of nitrogens with one attached hydrogen (secondary N) is 2. The summed E-state index contributed by atoms with van der Waals surface area (Å²) in [5, 5.41) is 6.56. The Morgan fingerprint density at radius 2 is 1.89 bits per heavy atom. The summed E-state index contributed by atoms with van der Waals surface area (Å²) in [7, 11) is -1.49. The molecule has 0 amide bonds. The zero-order chi connectivity index (χ0) is 19.2. The summed E-state index contributed by atoms with van der Waals surface area (Å²) < 4.78 is 36.8. The van der Waals surface area contributed by atoms with Crippen molar-refractivity contribution in [1.82, 2.24) is 10.6 Å². The minimum atomic E-state index is -3.19. The Morgan fingerprint density at radius 3 is 2.44 bits per heavy atom. The van der Waals surface area contributed by atoms with Crippen LogP contribution in [0.2, 0.25) is 0 Å². The first-order chi connectivity index (χ1) is 12.3.